The van der Waals surface area contributed by atoms with Crippen molar-refractivity contribution >= 4 is 42.6 Å². The Morgan fingerprint density at radius 1 is 1.24 bits per heavy atom. The number of methoxy groups -OCH3 is 1. The van der Waals surface area contributed by atoms with Gasteiger partial charge in [0.25, 0.3) is 0 Å². The van der Waals surface area contributed by atoms with Crippen molar-refractivity contribution in [1.82, 2.24) is 9.29 Å². The molecule has 1 aliphatic heterocycles. The number of sulfonamides is 1. The number of hydrogen-bond acceptors (Lipinski definition) is 7. The standard InChI is InChI=1S/C25H23F2N3O5S2/c1-34-18-6-8-20(9-7-18)37(32,33)29-10-2-4-16(14-29)24(31)30(15-19-5-3-11-35-19)25-28-23-21(27)12-17(26)13-22(23)36-25/h3,5-9,11-13,16H,2,4,10,14-15H2,1H3. The summed E-state index contributed by atoms with van der Waals surface area (Å²) in [6, 6.07) is 11.4. The van der Waals surface area contributed by atoms with Crippen LogP contribution in [0.5, 0.6) is 5.75 Å². The number of carbonyl (C=O) groups is 1. The predicted molar refractivity (Wildman–Crippen MR) is 134 cm³/mol. The van der Waals surface area contributed by atoms with Gasteiger partial charge in [-0.15, -0.1) is 0 Å². The van der Waals surface area contributed by atoms with E-state index in [1.54, 1.807) is 24.3 Å². The summed E-state index contributed by atoms with van der Waals surface area (Å²) >= 11 is 0.983. The van der Waals surface area contributed by atoms with Crippen LogP contribution in [0, 0.1) is 17.6 Å². The molecule has 12 heteroatoms. The van der Waals surface area contributed by atoms with Crippen molar-refractivity contribution in [2.75, 3.05) is 25.1 Å². The van der Waals surface area contributed by atoms with E-state index < -0.39 is 27.6 Å². The fourth-order valence-corrected chi connectivity index (χ4v) is 6.87. The molecule has 1 saturated heterocycles. The molecule has 8 nitrogen and oxygen atoms in total. The van der Waals surface area contributed by atoms with Gasteiger partial charge in [0, 0.05) is 19.2 Å². The van der Waals surface area contributed by atoms with Crippen LogP contribution >= 0.6 is 11.3 Å². The maximum atomic E-state index is 14.3. The largest absolute Gasteiger partial charge is 0.497 e. The van der Waals surface area contributed by atoms with Gasteiger partial charge in [-0.1, -0.05) is 11.3 Å². The van der Waals surface area contributed by atoms with E-state index in [1.165, 1.54) is 40.8 Å². The molecule has 0 N–H and O–H groups in total. The third-order valence-electron chi connectivity index (χ3n) is 6.22. The predicted octanol–water partition coefficient (Wildman–Crippen LogP) is 4.81. The van der Waals surface area contributed by atoms with Crippen LogP contribution in [0.1, 0.15) is 18.6 Å². The Kier molecular flexibility index (Phi) is 6.97. The molecule has 5 rings (SSSR count). The van der Waals surface area contributed by atoms with Gasteiger partial charge in [-0.25, -0.2) is 22.2 Å². The summed E-state index contributed by atoms with van der Waals surface area (Å²) in [5.74, 6) is -1.59. The van der Waals surface area contributed by atoms with Crippen molar-refractivity contribution in [1.29, 1.82) is 0 Å². The summed E-state index contributed by atoms with van der Waals surface area (Å²) in [5.41, 5.74) is -0.0361. The van der Waals surface area contributed by atoms with Gasteiger partial charge in [0.15, 0.2) is 10.9 Å². The van der Waals surface area contributed by atoms with Crippen LogP contribution in [0.25, 0.3) is 10.2 Å². The summed E-state index contributed by atoms with van der Waals surface area (Å²) in [6.07, 6.45) is 2.42. The summed E-state index contributed by atoms with van der Waals surface area (Å²) in [7, 11) is -2.35. The number of nitrogens with zero attached hydrogens (tertiary/aromatic N) is 3. The lowest BCUT2D eigenvalue weighted by atomic mass is 9.98. The second-order valence-corrected chi connectivity index (χ2v) is 11.6. The normalized spacial score (nSPS) is 16.7. The Morgan fingerprint density at radius 3 is 2.73 bits per heavy atom. The van der Waals surface area contributed by atoms with Crippen molar-refractivity contribution < 1.29 is 31.1 Å². The van der Waals surface area contributed by atoms with Gasteiger partial charge in [0.1, 0.15) is 22.8 Å². The number of hydrogen-bond donors (Lipinski definition) is 0. The van der Waals surface area contributed by atoms with Crippen LogP contribution < -0.4 is 9.64 Å². The molecule has 1 aliphatic rings. The number of thiazole rings is 1. The number of piperidine rings is 1. The monoisotopic (exact) mass is 547 g/mol. The number of rotatable bonds is 7. The number of benzene rings is 2. The van der Waals surface area contributed by atoms with Gasteiger partial charge in [0.05, 0.1) is 35.4 Å². The first-order chi connectivity index (χ1) is 17.8. The van der Waals surface area contributed by atoms with Crippen molar-refractivity contribution in [3.8, 4) is 5.75 Å². The van der Waals surface area contributed by atoms with E-state index in [2.05, 4.69) is 4.98 Å². The zero-order valence-corrected chi connectivity index (χ0v) is 21.4. The van der Waals surface area contributed by atoms with Gasteiger partial charge >= 0.3 is 0 Å². The number of furan rings is 1. The topological polar surface area (TPSA) is 93.0 Å². The molecule has 1 amide bonds. The van der Waals surface area contributed by atoms with Gasteiger partial charge in [-0.05, 0) is 55.3 Å². The Hall–Kier alpha value is -3.35. The summed E-state index contributed by atoms with van der Waals surface area (Å²) < 4.78 is 66.8. The highest BCUT2D eigenvalue weighted by atomic mass is 32.2. The average Bonchev–Trinajstić information content (AvgIpc) is 3.57. The molecule has 3 heterocycles. The first-order valence-electron chi connectivity index (χ1n) is 11.5. The average molecular weight is 548 g/mol. The van der Waals surface area contributed by atoms with E-state index in [4.69, 9.17) is 9.15 Å². The van der Waals surface area contributed by atoms with Gasteiger partial charge in [0.2, 0.25) is 15.9 Å². The first-order valence-corrected chi connectivity index (χ1v) is 13.8. The molecule has 2 aromatic heterocycles. The molecule has 0 radical (unpaired) electrons. The van der Waals surface area contributed by atoms with Crippen LogP contribution in [-0.4, -0.2) is 43.8 Å². The molecule has 0 aliphatic carbocycles. The van der Waals surface area contributed by atoms with Crippen molar-refractivity contribution in [3.05, 3.63) is 72.2 Å². The Balaban J connectivity index is 1.44. The van der Waals surface area contributed by atoms with E-state index >= 15 is 0 Å². The lowest BCUT2D eigenvalue weighted by Crippen LogP contribution is -2.46. The van der Waals surface area contributed by atoms with Crippen molar-refractivity contribution in [2.24, 2.45) is 5.92 Å². The molecule has 0 spiro atoms. The van der Waals surface area contributed by atoms with Crippen LogP contribution in [0.4, 0.5) is 13.9 Å². The molecular weight excluding hydrogens is 524 g/mol. The highest BCUT2D eigenvalue weighted by Gasteiger charge is 2.36. The molecule has 0 saturated carbocycles. The molecule has 1 atom stereocenters. The zero-order valence-electron chi connectivity index (χ0n) is 19.8. The summed E-state index contributed by atoms with van der Waals surface area (Å²) in [4.78, 5) is 19.5. The summed E-state index contributed by atoms with van der Waals surface area (Å²) in [6.45, 7) is 0.273. The third kappa shape index (κ3) is 5.09. The fraction of sp³-hybridized carbons (Fsp3) is 0.280. The second kappa shape index (κ2) is 10.2. The number of carbonyl (C=O) groups excluding carboxylic acids is 1. The van der Waals surface area contributed by atoms with Crippen LogP contribution in [0.3, 0.4) is 0 Å². The molecular formula is C25H23F2N3O5S2. The van der Waals surface area contributed by atoms with Crippen molar-refractivity contribution in [3.63, 3.8) is 0 Å². The van der Waals surface area contributed by atoms with Crippen LogP contribution in [-0.2, 0) is 21.4 Å². The van der Waals surface area contributed by atoms with Crippen LogP contribution in [0.2, 0.25) is 0 Å². The van der Waals surface area contributed by atoms with Crippen molar-refractivity contribution in [2.45, 2.75) is 24.3 Å². The molecule has 194 valence electrons. The van der Waals surface area contributed by atoms with E-state index in [1.807, 2.05) is 0 Å². The Labute approximate surface area is 216 Å². The SMILES string of the molecule is COc1ccc(S(=O)(=O)N2CCCC(C(=O)N(Cc3ccco3)c3nc4c(F)cc(F)cc4s3)C2)cc1. The maximum Gasteiger partial charge on any atom is 0.243 e. The lowest BCUT2D eigenvalue weighted by Gasteiger charge is -2.33. The van der Waals surface area contributed by atoms with E-state index in [-0.39, 0.29) is 45.8 Å². The minimum absolute atomic E-state index is 0.0114. The van der Waals surface area contributed by atoms with Crippen LogP contribution in [0.15, 0.2) is 64.1 Å². The Bertz CT molecular complexity index is 1520. The third-order valence-corrected chi connectivity index (χ3v) is 9.13. The quantitative estimate of drug-likeness (QED) is 0.330. The maximum absolute atomic E-state index is 14.3. The zero-order chi connectivity index (χ0) is 26.2. The lowest BCUT2D eigenvalue weighted by molar-refractivity contribution is -0.123. The molecule has 1 unspecified atom stereocenters. The Morgan fingerprint density at radius 2 is 2.03 bits per heavy atom. The molecule has 4 aromatic rings. The summed E-state index contributed by atoms with van der Waals surface area (Å²) in [5, 5.41) is 0.177. The van der Waals surface area contributed by atoms with E-state index in [9.17, 15) is 22.0 Å². The number of fused-ring (bicyclic) bond motifs is 1. The number of anilines is 1. The van der Waals surface area contributed by atoms with E-state index in [0.29, 0.717) is 24.4 Å². The number of halogens is 2. The molecule has 0 bridgehead atoms. The smallest absolute Gasteiger partial charge is 0.243 e. The van der Waals surface area contributed by atoms with E-state index in [0.717, 1.165) is 17.4 Å². The highest BCUT2D eigenvalue weighted by molar-refractivity contribution is 7.89. The number of amides is 1. The highest BCUT2D eigenvalue weighted by Crippen LogP contribution is 2.34. The number of aromatic nitrogens is 1. The molecule has 1 fully saturated rings. The molecule has 2 aromatic carbocycles. The van der Waals surface area contributed by atoms with Gasteiger partial charge in [-0.2, -0.15) is 4.31 Å². The fourth-order valence-electron chi connectivity index (χ4n) is 4.34. The first kappa shape index (κ1) is 25.3. The second-order valence-electron chi connectivity index (χ2n) is 8.61. The minimum atomic E-state index is -3.84. The van der Waals surface area contributed by atoms with Gasteiger partial charge < -0.3 is 9.15 Å². The van der Waals surface area contributed by atoms with Gasteiger partial charge in [-0.3, -0.25) is 9.69 Å². The molecule has 37 heavy (non-hydrogen) atoms. The number of ether oxygens (including phenoxy) is 1. The minimum Gasteiger partial charge on any atom is -0.497 e.